The molecule has 0 saturated carbocycles. The largest absolute Gasteiger partial charge is 0.486 e. The molecule has 0 saturated heterocycles. The fraction of sp³-hybridized carbons (Fsp3) is 0.227. The number of benzene rings is 2. The van der Waals surface area contributed by atoms with Crippen LogP contribution in [0.25, 0.3) is 6.08 Å². The van der Waals surface area contributed by atoms with E-state index >= 15 is 0 Å². The second-order valence-corrected chi connectivity index (χ2v) is 8.93. The molecule has 4 rings (SSSR count). The molecule has 8 heteroatoms. The van der Waals surface area contributed by atoms with Crippen LogP contribution in [0.15, 0.2) is 58.9 Å². The van der Waals surface area contributed by atoms with Gasteiger partial charge in [0.25, 0.3) is 0 Å². The van der Waals surface area contributed by atoms with Crippen molar-refractivity contribution in [3.63, 3.8) is 0 Å². The van der Waals surface area contributed by atoms with E-state index in [-0.39, 0.29) is 11.7 Å². The topological polar surface area (TPSA) is 64.6 Å². The summed E-state index contributed by atoms with van der Waals surface area (Å²) >= 11 is 2.90. The zero-order valence-electron chi connectivity index (χ0n) is 16.5. The van der Waals surface area contributed by atoms with Crippen molar-refractivity contribution in [3.8, 4) is 11.5 Å². The molecular weight excluding hydrogens is 418 g/mol. The summed E-state index contributed by atoms with van der Waals surface area (Å²) in [7, 11) is 0. The van der Waals surface area contributed by atoms with E-state index in [4.69, 9.17) is 9.47 Å². The first kappa shape index (κ1) is 20.4. The molecule has 0 aliphatic carbocycles. The molecule has 0 radical (unpaired) electrons. The van der Waals surface area contributed by atoms with Gasteiger partial charge in [0.05, 0.1) is 5.75 Å². The minimum absolute atomic E-state index is 0.0118. The van der Waals surface area contributed by atoms with Crippen LogP contribution in [0.5, 0.6) is 11.5 Å². The number of aromatic nitrogens is 2. The van der Waals surface area contributed by atoms with Crippen molar-refractivity contribution in [3.05, 3.63) is 65.2 Å². The molecule has 3 aromatic rings. The zero-order valence-corrected chi connectivity index (χ0v) is 18.1. The average Bonchev–Trinajstić information content (AvgIpc) is 3.20. The fourth-order valence-corrected chi connectivity index (χ4v) is 4.64. The lowest BCUT2D eigenvalue weighted by Gasteiger charge is -2.24. The highest BCUT2D eigenvalue weighted by Gasteiger charge is 2.19. The van der Waals surface area contributed by atoms with Gasteiger partial charge < -0.3 is 14.4 Å². The van der Waals surface area contributed by atoms with Gasteiger partial charge in [0.15, 0.2) is 15.8 Å². The molecule has 6 nitrogen and oxygen atoms in total. The number of hydrogen-bond donors (Lipinski definition) is 0. The molecule has 1 aliphatic heterocycles. The van der Waals surface area contributed by atoms with Crippen molar-refractivity contribution in [2.45, 2.75) is 11.3 Å². The number of fused-ring (bicyclic) bond motifs is 1. The van der Waals surface area contributed by atoms with E-state index in [0.717, 1.165) is 20.6 Å². The van der Waals surface area contributed by atoms with Crippen molar-refractivity contribution in [1.82, 2.24) is 10.2 Å². The molecule has 1 amide bonds. The molecule has 0 atom stereocenters. The SMILES string of the molecule is Cc1nnc(SCC(=O)N(C/C=C/c2ccccc2)c2ccc3c(c2)OCCO3)s1. The van der Waals surface area contributed by atoms with E-state index < -0.39 is 0 Å². The number of thioether (sulfide) groups is 1. The van der Waals surface area contributed by atoms with Crippen LogP contribution < -0.4 is 14.4 Å². The number of carbonyl (C=O) groups excluding carboxylic acids is 1. The first-order valence-corrected chi connectivity index (χ1v) is 11.3. The lowest BCUT2D eigenvalue weighted by molar-refractivity contribution is -0.116. The van der Waals surface area contributed by atoms with Crippen molar-refractivity contribution >= 4 is 40.8 Å². The number of aryl methyl sites for hydroxylation is 1. The lowest BCUT2D eigenvalue weighted by atomic mass is 10.2. The van der Waals surface area contributed by atoms with E-state index in [1.54, 1.807) is 4.90 Å². The van der Waals surface area contributed by atoms with E-state index in [9.17, 15) is 4.79 Å². The third-order valence-corrected chi connectivity index (χ3v) is 6.32. The van der Waals surface area contributed by atoms with Crippen LogP contribution in [0.1, 0.15) is 10.6 Å². The Labute approximate surface area is 183 Å². The minimum Gasteiger partial charge on any atom is -0.486 e. The Hall–Kier alpha value is -2.84. The van der Waals surface area contributed by atoms with Gasteiger partial charge >= 0.3 is 0 Å². The fourth-order valence-electron chi connectivity index (χ4n) is 2.95. The van der Waals surface area contributed by atoms with Gasteiger partial charge in [-0.05, 0) is 24.6 Å². The molecule has 154 valence electrons. The molecule has 0 spiro atoms. The van der Waals surface area contributed by atoms with E-state index in [0.29, 0.717) is 31.3 Å². The van der Waals surface area contributed by atoms with Crippen LogP contribution in [0.4, 0.5) is 5.69 Å². The van der Waals surface area contributed by atoms with Gasteiger partial charge in [-0.1, -0.05) is 65.6 Å². The summed E-state index contributed by atoms with van der Waals surface area (Å²) in [6.07, 6.45) is 4.00. The summed E-state index contributed by atoms with van der Waals surface area (Å²) in [5.41, 5.74) is 1.86. The van der Waals surface area contributed by atoms with Crippen molar-refractivity contribution in [2.75, 3.05) is 30.4 Å². The molecule has 0 bridgehead atoms. The molecule has 0 fully saturated rings. The predicted octanol–water partition coefficient (Wildman–Crippen LogP) is 4.46. The van der Waals surface area contributed by atoms with Crippen LogP contribution in [-0.4, -0.2) is 41.6 Å². The quantitative estimate of drug-likeness (QED) is 0.507. The smallest absolute Gasteiger partial charge is 0.237 e. The first-order chi connectivity index (χ1) is 14.7. The number of rotatable bonds is 7. The molecule has 2 aromatic carbocycles. The van der Waals surface area contributed by atoms with Gasteiger partial charge in [0.1, 0.15) is 18.2 Å². The standard InChI is InChI=1S/C22H21N3O3S2/c1-16-23-24-22(30-16)29-15-21(26)25(11-5-8-17-6-3-2-4-7-17)18-9-10-19-20(14-18)28-13-12-27-19/h2-10,14H,11-13,15H2,1H3/b8-5+. The van der Waals surface area contributed by atoms with Crippen LogP contribution >= 0.6 is 23.1 Å². The third-order valence-electron chi connectivity index (χ3n) is 4.36. The van der Waals surface area contributed by atoms with E-state index in [1.807, 2.05) is 67.6 Å². The van der Waals surface area contributed by atoms with Crippen LogP contribution in [-0.2, 0) is 4.79 Å². The lowest BCUT2D eigenvalue weighted by Crippen LogP contribution is -2.32. The second-order valence-electron chi connectivity index (χ2n) is 6.52. The van der Waals surface area contributed by atoms with Gasteiger partial charge in [-0.15, -0.1) is 10.2 Å². The van der Waals surface area contributed by atoms with Gasteiger partial charge in [0.2, 0.25) is 5.91 Å². The highest BCUT2D eigenvalue weighted by atomic mass is 32.2. The summed E-state index contributed by atoms with van der Waals surface area (Å²) in [5.74, 6) is 1.64. The Bertz CT molecular complexity index is 1040. The van der Waals surface area contributed by atoms with Gasteiger partial charge in [0, 0.05) is 18.3 Å². The Kier molecular flexibility index (Phi) is 6.66. The molecule has 0 unspecified atom stereocenters. The Morgan fingerprint density at radius 2 is 1.93 bits per heavy atom. The number of hydrogen-bond acceptors (Lipinski definition) is 7. The maximum absolute atomic E-state index is 13.1. The molecule has 2 heterocycles. The monoisotopic (exact) mass is 439 g/mol. The van der Waals surface area contributed by atoms with Crippen LogP contribution in [0.3, 0.4) is 0 Å². The van der Waals surface area contributed by atoms with E-state index in [2.05, 4.69) is 10.2 Å². The summed E-state index contributed by atoms with van der Waals surface area (Å²) in [6, 6.07) is 15.6. The predicted molar refractivity (Wildman–Crippen MR) is 121 cm³/mol. The first-order valence-electron chi connectivity index (χ1n) is 9.53. The van der Waals surface area contributed by atoms with Crippen LogP contribution in [0.2, 0.25) is 0 Å². The number of nitrogens with zero attached hydrogens (tertiary/aromatic N) is 3. The Morgan fingerprint density at radius 3 is 2.70 bits per heavy atom. The van der Waals surface area contributed by atoms with Crippen molar-refractivity contribution in [1.29, 1.82) is 0 Å². The zero-order chi connectivity index (χ0) is 20.8. The number of amides is 1. The van der Waals surface area contributed by atoms with Crippen LogP contribution in [0, 0.1) is 6.92 Å². The highest BCUT2D eigenvalue weighted by molar-refractivity contribution is 8.01. The van der Waals surface area contributed by atoms with Gasteiger partial charge in [-0.25, -0.2) is 0 Å². The molecule has 30 heavy (non-hydrogen) atoms. The highest BCUT2D eigenvalue weighted by Crippen LogP contribution is 2.34. The Balaban J connectivity index is 1.52. The average molecular weight is 440 g/mol. The van der Waals surface area contributed by atoms with Crippen molar-refractivity contribution in [2.24, 2.45) is 0 Å². The molecular formula is C22H21N3O3S2. The summed E-state index contributed by atoms with van der Waals surface area (Å²) in [4.78, 5) is 14.8. The van der Waals surface area contributed by atoms with Gasteiger partial charge in [-0.3, -0.25) is 4.79 Å². The minimum atomic E-state index is -0.0118. The third kappa shape index (κ3) is 5.20. The maximum atomic E-state index is 13.1. The summed E-state index contributed by atoms with van der Waals surface area (Å²) < 4.78 is 12.1. The molecule has 0 N–H and O–H groups in total. The van der Waals surface area contributed by atoms with Crippen molar-refractivity contribution < 1.29 is 14.3 Å². The summed E-state index contributed by atoms with van der Waals surface area (Å²) in [5, 5.41) is 8.99. The number of ether oxygens (including phenoxy) is 2. The second kappa shape index (κ2) is 9.77. The summed E-state index contributed by atoms with van der Waals surface area (Å²) in [6.45, 7) is 3.39. The number of anilines is 1. The normalized spacial score (nSPS) is 12.8. The van der Waals surface area contributed by atoms with E-state index in [1.165, 1.54) is 23.1 Å². The molecule has 1 aliphatic rings. The maximum Gasteiger partial charge on any atom is 0.237 e. The number of carbonyl (C=O) groups is 1. The Morgan fingerprint density at radius 1 is 1.13 bits per heavy atom. The molecule has 1 aromatic heterocycles. The van der Waals surface area contributed by atoms with Gasteiger partial charge in [-0.2, -0.15) is 0 Å².